The van der Waals surface area contributed by atoms with Crippen LogP contribution in [0, 0.1) is 0 Å². The highest BCUT2D eigenvalue weighted by Crippen LogP contribution is 2.20. The van der Waals surface area contributed by atoms with E-state index in [1.807, 2.05) is 75.6 Å². The van der Waals surface area contributed by atoms with Crippen LogP contribution < -0.4 is 20.2 Å². The summed E-state index contributed by atoms with van der Waals surface area (Å²) in [5, 5.41) is 4.48. The molecule has 140 valence electrons. The quantitative estimate of drug-likeness (QED) is 0.314. The van der Waals surface area contributed by atoms with Gasteiger partial charge >= 0.3 is 15.0 Å². The summed E-state index contributed by atoms with van der Waals surface area (Å²) in [6, 6.07) is 36.4. The first-order chi connectivity index (χ1) is 14.9. The summed E-state index contributed by atoms with van der Waals surface area (Å²) in [4.78, 5) is 0. The molecule has 0 aromatic heterocycles. The van der Waals surface area contributed by atoms with Crippen LogP contribution in [0.4, 0.5) is 0 Å². The Kier molecular flexibility index (Phi) is 5.14. The topological polar surface area (TPSA) is 18.5 Å². The number of hydrogen-bond acceptors (Lipinski definition) is 2. The van der Waals surface area contributed by atoms with E-state index in [4.69, 9.17) is 9.31 Å². The smallest absolute Gasteiger partial charge is 0.410 e. The number of hydrogen-bond donors (Lipinski definition) is 0. The highest BCUT2D eigenvalue weighted by molar-refractivity contribution is 6.63. The second-order valence-electron chi connectivity index (χ2n) is 7.02. The standard InChI is InChI=1S/C26H18B2O2/c1-3-11-19(12-4-1)29-27-25-21-15-7-9-17-23(21)26(24-18-10-8-16-22(24)25)28-30-20-13-5-2-6-14-20/h1-18H. The van der Waals surface area contributed by atoms with Crippen LogP contribution in [-0.2, 0) is 0 Å². The fourth-order valence-electron chi connectivity index (χ4n) is 3.70. The molecule has 0 N–H and O–H groups in total. The lowest BCUT2D eigenvalue weighted by molar-refractivity contribution is 0.604. The average molecular weight is 384 g/mol. The largest absolute Gasteiger partial charge is 0.558 e. The summed E-state index contributed by atoms with van der Waals surface area (Å²) >= 11 is 0. The van der Waals surface area contributed by atoms with Gasteiger partial charge in [0.2, 0.25) is 0 Å². The molecule has 30 heavy (non-hydrogen) atoms. The molecule has 5 aromatic rings. The average Bonchev–Trinajstić information content (AvgIpc) is 2.82. The van der Waals surface area contributed by atoms with E-state index in [2.05, 4.69) is 48.5 Å². The van der Waals surface area contributed by atoms with Gasteiger partial charge in [-0.3, -0.25) is 0 Å². The van der Waals surface area contributed by atoms with Crippen molar-refractivity contribution in [2.45, 2.75) is 0 Å². The van der Waals surface area contributed by atoms with Crippen LogP contribution in [0.25, 0.3) is 21.5 Å². The molecular weight excluding hydrogens is 366 g/mol. The first-order valence-corrected chi connectivity index (χ1v) is 9.93. The van der Waals surface area contributed by atoms with E-state index in [0.717, 1.165) is 44.0 Å². The molecule has 0 aliphatic heterocycles. The molecule has 5 aromatic carbocycles. The zero-order valence-electron chi connectivity index (χ0n) is 16.4. The van der Waals surface area contributed by atoms with Gasteiger partial charge in [0.05, 0.1) is 11.5 Å². The van der Waals surface area contributed by atoms with Crippen molar-refractivity contribution in [1.29, 1.82) is 0 Å². The Hall–Kier alpha value is -3.65. The minimum absolute atomic E-state index is 0.814. The molecule has 0 bridgehead atoms. The molecule has 0 spiro atoms. The summed E-state index contributed by atoms with van der Waals surface area (Å²) in [6.07, 6.45) is 0. The summed E-state index contributed by atoms with van der Waals surface area (Å²) in [7, 11) is 3.70. The molecular formula is C26H18B2O2. The van der Waals surface area contributed by atoms with Crippen molar-refractivity contribution in [3.8, 4) is 11.5 Å². The van der Waals surface area contributed by atoms with E-state index < -0.39 is 0 Å². The van der Waals surface area contributed by atoms with Crippen molar-refractivity contribution in [2.75, 3.05) is 0 Å². The lowest BCUT2D eigenvalue weighted by atomic mass is 9.72. The Balaban J connectivity index is 1.60. The Morgan fingerprint density at radius 2 is 0.667 bits per heavy atom. The SMILES string of the molecule is [B](Oc1ccccc1)c1c2ccccc2c([B]Oc2ccccc2)c2ccccc12. The molecule has 0 aliphatic rings. The zero-order chi connectivity index (χ0) is 20.2. The van der Waals surface area contributed by atoms with Gasteiger partial charge in [0, 0.05) is 0 Å². The molecule has 0 aliphatic carbocycles. The van der Waals surface area contributed by atoms with Gasteiger partial charge in [-0.15, -0.1) is 0 Å². The molecule has 4 heteroatoms. The monoisotopic (exact) mass is 384 g/mol. The lowest BCUT2D eigenvalue weighted by Gasteiger charge is -2.16. The minimum Gasteiger partial charge on any atom is -0.558 e. The number of benzene rings is 5. The first-order valence-electron chi connectivity index (χ1n) is 9.93. The molecule has 2 radical (unpaired) electrons. The van der Waals surface area contributed by atoms with Gasteiger partial charge < -0.3 is 9.31 Å². The number of rotatable bonds is 6. The molecule has 0 heterocycles. The fourth-order valence-corrected chi connectivity index (χ4v) is 3.70. The Morgan fingerprint density at radius 1 is 0.367 bits per heavy atom. The third-order valence-electron chi connectivity index (χ3n) is 5.13. The number of fused-ring (bicyclic) bond motifs is 2. The molecule has 0 saturated heterocycles. The van der Waals surface area contributed by atoms with Crippen LogP contribution in [0.15, 0.2) is 109 Å². The number of para-hydroxylation sites is 2. The van der Waals surface area contributed by atoms with E-state index in [9.17, 15) is 0 Å². The van der Waals surface area contributed by atoms with Gasteiger partial charge in [-0.2, -0.15) is 0 Å². The Morgan fingerprint density at radius 3 is 1.00 bits per heavy atom. The zero-order valence-corrected chi connectivity index (χ0v) is 16.4. The Bertz CT molecular complexity index is 1130. The van der Waals surface area contributed by atoms with Crippen LogP contribution in [0.2, 0.25) is 0 Å². The van der Waals surface area contributed by atoms with Crippen molar-refractivity contribution in [2.24, 2.45) is 0 Å². The predicted molar refractivity (Wildman–Crippen MR) is 126 cm³/mol. The van der Waals surface area contributed by atoms with Crippen LogP contribution in [0.5, 0.6) is 11.5 Å². The van der Waals surface area contributed by atoms with E-state index in [0.29, 0.717) is 0 Å². The maximum atomic E-state index is 6.01. The molecule has 0 fully saturated rings. The van der Waals surface area contributed by atoms with Gasteiger partial charge in [0.1, 0.15) is 0 Å². The van der Waals surface area contributed by atoms with Gasteiger partial charge in [-0.1, -0.05) is 84.9 Å². The second kappa shape index (κ2) is 8.38. The van der Waals surface area contributed by atoms with Crippen molar-refractivity contribution >= 4 is 47.4 Å². The predicted octanol–water partition coefficient (Wildman–Crippen LogP) is 4.64. The second-order valence-corrected chi connectivity index (χ2v) is 7.02. The van der Waals surface area contributed by atoms with Crippen molar-refractivity contribution in [3.63, 3.8) is 0 Å². The highest BCUT2D eigenvalue weighted by Gasteiger charge is 2.17. The van der Waals surface area contributed by atoms with Crippen molar-refractivity contribution in [1.82, 2.24) is 0 Å². The van der Waals surface area contributed by atoms with Gasteiger partial charge in [-0.25, -0.2) is 0 Å². The minimum atomic E-state index is 0.814. The molecule has 2 nitrogen and oxygen atoms in total. The van der Waals surface area contributed by atoms with Crippen molar-refractivity contribution in [3.05, 3.63) is 109 Å². The molecule has 5 rings (SSSR count). The van der Waals surface area contributed by atoms with Crippen LogP contribution in [0.1, 0.15) is 0 Å². The summed E-state index contributed by atoms with van der Waals surface area (Å²) in [5.41, 5.74) is 2.11. The normalized spacial score (nSPS) is 10.7. The Labute approximate surface area is 177 Å². The van der Waals surface area contributed by atoms with E-state index in [1.54, 1.807) is 0 Å². The van der Waals surface area contributed by atoms with E-state index in [-0.39, 0.29) is 0 Å². The maximum Gasteiger partial charge on any atom is 0.410 e. The fraction of sp³-hybridized carbons (Fsp3) is 0. The highest BCUT2D eigenvalue weighted by atomic mass is 16.4. The summed E-state index contributed by atoms with van der Waals surface area (Å²) in [5.74, 6) is 1.63. The van der Waals surface area contributed by atoms with Crippen LogP contribution in [0.3, 0.4) is 0 Å². The lowest BCUT2D eigenvalue weighted by Crippen LogP contribution is -2.29. The molecule has 0 amide bonds. The summed E-state index contributed by atoms with van der Waals surface area (Å²) in [6.45, 7) is 0. The first kappa shape index (κ1) is 18.4. The van der Waals surface area contributed by atoms with E-state index in [1.165, 1.54) is 0 Å². The van der Waals surface area contributed by atoms with Gasteiger partial charge in [0.25, 0.3) is 0 Å². The van der Waals surface area contributed by atoms with E-state index >= 15 is 0 Å². The van der Waals surface area contributed by atoms with Gasteiger partial charge in [0.15, 0.2) is 0 Å². The third kappa shape index (κ3) is 3.65. The summed E-state index contributed by atoms with van der Waals surface area (Å²) < 4.78 is 12.0. The third-order valence-corrected chi connectivity index (χ3v) is 5.13. The van der Waals surface area contributed by atoms with Crippen LogP contribution in [-0.4, -0.2) is 15.0 Å². The molecule has 0 saturated carbocycles. The maximum absolute atomic E-state index is 6.01. The van der Waals surface area contributed by atoms with Gasteiger partial charge in [-0.05, 0) is 56.7 Å². The molecule has 0 atom stereocenters. The van der Waals surface area contributed by atoms with Crippen LogP contribution >= 0.6 is 0 Å². The molecule has 0 unspecified atom stereocenters. The van der Waals surface area contributed by atoms with Crippen molar-refractivity contribution < 1.29 is 9.31 Å².